The summed E-state index contributed by atoms with van der Waals surface area (Å²) in [4.78, 5) is 11.5. The van der Waals surface area contributed by atoms with Crippen molar-refractivity contribution in [2.24, 2.45) is 11.8 Å². The maximum absolute atomic E-state index is 11.5. The number of nitrogens with one attached hydrogen (secondary N) is 1. The van der Waals surface area contributed by atoms with Crippen LogP contribution in [0.2, 0.25) is 0 Å². The van der Waals surface area contributed by atoms with Gasteiger partial charge in [-0.3, -0.25) is 4.79 Å². The average Bonchev–Trinajstić information content (AvgIpc) is 2.52. The van der Waals surface area contributed by atoms with Crippen LogP contribution in [0.5, 0.6) is 0 Å². The van der Waals surface area contributed by atoms with Crippen LogP contribution >= 0.6 is 0 Å². The number of hydrogen-bond acceptors (Lipinski definition) is 3. The molecule has 1 heterocycles. The summed E-state index contributed by atoms with van der Waals surface area (Å²) in [5.41, 5.74) is 0. The third-order valence-electron chi connectivity index (χ3n) is 2.56. The molecule has 1 saturated heterocycles. The molecule has 1 aliphatic rings. The lowest BCUT2D eigenvalue weighted by atomic mass is 9.99. The highest BCUT2D eigenvalue weighted by molar-refractivity contribution is 5.73. The number of esters is 1. The monoisotopic (exact) mass is 185 g/mol. The summed E-state index contributed by atoms with van der Waals surface area (Å²) in [6, 6.07) is 0. The van der Waals surface area contributed by atoms with Gasteiger partial charge in [0.1, 0.15) is 0 Å². The first-order valence-electron chi connectivity index (χ1n) is 5.13. The Kier molecular flexibility index (Phi) is 4.22. The first kappa shape index (κ1) is 10.5. The predicted molar refractivity (Wildman–Crippen MR) is 51.4 cm³/mol. The molecule has 0 bridgehead atoms. The fraction of sp³-hybridized carbons (Fsp3) is 0.900. The zero-order valence-corrected chi connectivity index (χ0v) is 8.51. The van der Waals surface area contributed by atoms with Crippen molar-refractivity contribution in [1.29, 1.82) is 0 Å². The molecular formula is C10H19NO2. The van der Waals surface area contributed by atoms with Gasteiger partial charge in [0.15, 0.2) is 0 Å². The molecule has 13 heavy (non-hydrogen) atoms. The van der Waals surface area contributed by atoms with Crippen LogP contribution in [0.15, 0.2) is 0 Å². The van der Waals surface area contributed by atoms with Gasteiger partial charge in [-0.15, -0.1) is 0 Å². The molecule has 1 aliphatic heterocycles. The summed E-state index contributed by atoms with van der Waals surface area (Å²) >= 11 is 0. The van der Waals surface area contributed by atoms with Crippen molar-refractivity contribution in [2.75, 3.05) is 19.7 Å². The van der Waals surface area contributed by atoms with Crippen LogP contribution in [-0.4, -0.2) is 25.7 Å². The number of unbranched alkanes of at least 4 members (excludes halogenated alkanes) is 1. The Labute approximate surface area is 79.8 Å². The van der Waals surface area contributed by atoms with Gasteiger partial charge in [0.05, 0.1) is 12.5 Å². The molecule has 0 aromatic rings. The van der Waals surface area contributed by atoms with Gasteiger partial charge in [-0.1, -0.05) is 20.3 Å². The molecular weight excluding hydrogens is 166 g/mol. The third kappa shape index (κ3) is 2.99. The van der Waals surface area contributed by atoms with Gasteiger partial charge in [0, 0.05) is 6.54 Å². The predicted octanol–water partition coefficient (Wildman–Crippen LogP) is 1.19. The number of carbonyl (C=O) groups excluding carboxylic acids is 1. The van der Waals surface area contributed by atoms with Crippen molar-refractivity contribution in [2.45, 2.75) is 26.7 Å². The third-order valence-corrected chi connectivity index (χ3v) is 2.56. The van der Waals surface area contributed by atoms with E-state index in [0.29, 0.717) is 12.5 Å². The van der Waals surface area contributed by atoms with E-state index in [9.17, 15) is 4.79 Å². The maximum atomic E-state index is 11.5. The van der Waals surface area contributed by atoms with Gasteiger partial charge in [-0.25, -0.2) is 0 Å². The summed E-state index contributed by atoms with van der Waals surface area (Å²) in [7, 11) is 0. The molecule has 3 heteroatoms. The van der Waals surface area contributed by atoms with Crippen LogP contribution in [0.3, 0.4) is 0 Å². The fourth-order valence-electron chi connectivity index (χ4n) is 1.55. The molecule has 76 valence electrons. The zero-order valence-electron chi connectivity index (χ0n) is 8.51. The average molecular weight is 185 g/mol. The second kappa shape index (κ2) is 5.22. The highest BCUT2D eigenvalue weighted by Crippen LogP contribution is 2.17. The van der Waals surface area contributed by atoms with Gasteiger partial charge >= 0.3 is 5.97 Å². The Morgan fingerprint density at radius 2 is 2.31 bits per heavy atom. The van der Waals surface area contributed by atoms with E-state index < -0.39 is 0 Å². The molecule has 0 unspecified atom stereocenters. The lowest BCUT2D eigenvalue weighted by Gasteiger charge is -2.12. The van der Waals surface area contributed by atoms with Gasteiger partial charge in [-0.2, -0.15) is 0 Å². The van der Waals surface area contributed by atoms with E-state index in [1.165, 1.54) is 0 Å². The van der Waals surface area contributed by atoms with Gasteiger partial charge in [-0.05, 0) is 18.9 Å². The molecule has 0 aliphatic carbocycles. The number of carbonyl (C=O) groups is 1. The van der Waals surface area contributed by atoms with Crippen LogP contribution in [0, 0.1) is 11.8 Å². The molecule has 2 atom stereocenters. The Morgan fingerprint density at radius 1 is 1.54 bits per heavy atom. The van der Waals surface area contributed by atoms with E-state index in [2.05, 4.69) is 19.2 Å². The number of rotatable bonds is 4. The lowest BCUT2D eigenvalue weighted by Crippen LogP contribution is -2.24. The molecule has 0 spiro atoms. The number of ether oxygens (including phenoxy) is 1. The Bertz CT molecular complexity index is 170. The fourth-order valence-corrected chi connectivity index (χ4v) is 1.55. The quantitative estimate of drug-likeness (QED) is 0.528. The van der Waals surface area contributed by atoms with Crippen LogP contribution in [0.25, 0.3) is 0 Å². The van der Waals surface area contributed by atoms with Crippen LogP contribution in [-0.2, 0) is 9.53 Å². The highest BCUT2D eigenvalue weighted by Gasteiger charge is 2.30. The molecule has 0 aromatic heterocycles. The van der Waals surface area contributed by atoms with Crippen LogP contribution in [0.4, 0.5) is 0 Å². The molecule has 1 N–H and O–H groups in total. The van der Waals surface area contributed by atoms with Crippen molar-refractivity contribution in [3.63, 3.8) is 0 Å². The molecule has 0 saturated carbocycles. The van der Waals surface area contributed by atoms with Gasteiger partial charge < -0.3 is 10.1 Å². The molecule has 1 fully saturated rings. The molecule has 0 radical (unpaired) electrons. The summed E-state index contributed by atoms with van der Waals surface area (Å²) in [6.45, 7) is 6.48. The number of hydrogen-bond donors (Lipinski definition) is 1. The first-order chi connectivity index (χ1) is 6.25. The summed E-state index contributed by atoms with van der Waals surface area (Å²) in [6.07, 6.45) is 2.05. The first-order valence-corrected chi connectivity index (χ1v) is 5.13. The highest BCUT2D eigenvalue weighted by atomic mass is 16.5. The zero-order chi connectivity index (χ0) is 9.68. The van der Waals surface area contributed by atoms with Gasteiger partial charge in [0.2, 0.25) is 0 Å². The van der Waals surface area contributed by atoms with Crippen LogP contribution in [0.1, 0.15) is 26.7 Å². The van der Waals surface area contributed by atoms with Crippen LogP contribution < -0.4 is 5.32 Å². The summed E-state index contributed by atoms with van der Waals surface area (Å²) in [5, 5.41) is 3.19. The molecule has 0 aromatic carbocycles. The van der Waals surface area contributed by atoms with Crippen molar-refractivity contribution < 1.29 is 9.53 Å². The second-order valence-electron chi connectivity index (χ2n) is 3.76. The summed E-state index contributed by atoms with van der Waals surface area (Å²) < 4.78 is 5.16. The van der Waals surface area contributed by atoms with E-state index in [1.807, 2.05) is 0 Å². The molecule has 1 rings (SSSR count). The Balaban J connectivity index is 2.22. The van der Waals surface area contributed by atoms with Crippen molar-refractivity contribution in [3.8, 4) is 0 Å². The minimum absolute atomic E-state index is 0.0223. The maximum Gasteiger partial charge on any atom is 0.310 e. The SMILES string of the molecule is CCCCOC(=O)[C@@H]1CNC[C@H]1C. The molecule has 3 nitrogen and oxygen atoms in total. The van der Waals surface area contributed by atoms with Gasteiger partial charge in [0.25, 0.3) is 0 Å². The summed E-state index contributed by atoms with van der Waals surface area (Å²) in [5.74, 6) is 0.483. The second-order valence-corrected chi connectivity index (χ2v) is 3.76. The van der Waals surface area contributed by atoms with E-state index in [0.717, 1.165) is 25.9 Å². The van der Waals surface area contributed by atoms with Crippen molar-refractivity contribution in [1.82, 2.24) is 5.32 Å². The lowest BCUT2D eigenvalue weighted by molar-refractivity contribution is -0.149. The van der Waals surface area contributed by atoms with Crippen molar-refractivity contribution >= 4 is 5.97 Å². The topological polar surface area (TPSA) is 38.3 Å². The standard InChI is InChI=1S/C10H19NO2/c1-3-4-5-13-10(12)9-7-11-6-8(9)2/h8-9,11H,3-7H2,1-2H3/t8-,9-/m1/s1. The van der Waals surface area contributed by atoms with E-state index >= 15 is 0 Å². The normalized spacial score (nSPS) is 27.5. The van der Waals surface area contributed by atoms with E-state index in [4.69, 9.17) is 4.74 Å². The minimum Gasteiger partial charge on any atom is -0.465 e. The minimum atomic E-state index is -0.0223. The van der Waals surface area contributed by atoms with E-state index in [-0.39, 0.29) is 11.9 Å². The van der Waals surface area contributed by atoms with Crippen molar-refractivity contribution in [3.05, 3.63) is 0 Å². The Morgan fingerprint density at radius 3 is 2.85 bits per heavy atom. The molecule has 0 amide bonds. The largest absolute Gasteiger partial charge is 0.465 e. The Hall–Kier alpha value is -0.570. The van der Waals surface area contributed by atoms with E-state index in [1.54, 1.807) is 0 Å². The smallest absolute Gasteiger partial charge is 0.310 e.